The molecular formula is C21H15F3N4O2. The summed E-state index contributed by atoms with van der Waals surface area (Å²) >= 11 is 0. The van der Waals surface area contributed by atoms with Crippen LogP contribution in [0.2, 0.25) is 0 Å². The van der Waals surface area contributed by atoms with Crippen molar-refractivity contribution >= 4 is 10.9 Å². The summed E-state index contributed by atoms with van der Waals surface area (Å²) in [5.74, 6) is -0.310. The summed E-state index contributed by atoms with van der Waals surface area (Å²) in [6.07, 6.45) is -2.54. The largest absolute Gasteiger partial charge is 0.573 e. The van der Waals surface area contributed by atoms with Crippen LogP contribution in [-0.2, 0) is 13.0 Å². The lowest BCUT2D eigenvalue weighted by Crippen LogP contribution is -2.25. The van der Waals surface area contributed by atoms with Gasteiger partial charge in [0.15, 0.2) is 0 Å². The molecule has 30 heavy (non-hydrogen) atoms. The Morgan fingerprint density at radius 3 is 2.43 bits per heavy atom. The fraction of sp³-hybridized carbons (Fsp3) is 0.143. The molecule has 0 saturated heterocycles. The van der Waals surface area contributed by atoms with Crippen LogP contribution in [0, 0.1) is 0 Å². The molecule has 0 aliphatic carbocycles. The Morgan fingerprint density at radius 1 is 0.967 bits per heavy atom. The van der Waals surface area contributed by atoms with Crippen molar-refractivity contribution in [2.75, 3.05) is 0 Å². The molecule has 2 aromatic heterocycles. The molecule has 6 nitrogen and oxygen atoms in total. The average Bonchev–Trinajstić information content (AvgIpc) is 2.73. The van der Waals surface area contributed by atoms with Crippen LogP contribution in [0.25, 0.3) is 22.0 Å². The van der Waals surface area contributed by atoms with Gasteiger partial charge in [-0.3, -0.25) is 9.78 Å². The maximum atomic E-state index is 12.8. The zero-order valence-corrected chi connectivity index (χ0v) is 15.5. The molecular weight excluding hydrogens is 397 g/mol. The van der Waals surface area contributed by atoms with E-state index in [1.165, 1.54) is 28.9 Å². The topological polar surface area (TPSA) is 69.9 Å². The molecule has 2 aromatic carbocycles. The Morgan fingerprint density at radius 2 is 1.73 bits per heavy atom. The second-order valence-electron chi connectivity index (χ2n) is 6.49. The standard InChI is InChI=1S/C21H15F3N4O2/c22-21(23,24)30-17-7-4-14(5-8-17)15-6-9-19-18(13-15)20(29)28(27-26-19)12-10-16-3-1-2-11-25-16/h1-9,11,13H,10,12H2. The molecule has 0 bridgehead atoms. The molecule has 152 valence electrons. The first kappa shape index (κ1) is 19.6. The molecule has 4 aromatic rings. The van der Waals surface area contributed by atoms with Gasteiger partial charge >= 0.3 is 6.36 Å². The Kier molecular flexibility index (Phi) is 5.18. The van der Waals surface area contributed by atoms with Crippen LogP contribution < -0.4 is 10.3 Å². The molecule has 0 aliphatic heterocycles. The summed E-state index contributed by atoms with van der Waals surface area (Å²) in [6, 6.07) is 16.0. The van der Waals surface area contributed by atoms with Crippen LogP contribution in [0.15, 0.2) is 71.7 Å². The normalized spacial score (nSPS) is 11.6. The van der Waals surface area contributed by atoms with E-state index in [1.54, 1.807) is 24.4 Å². The van der Waals surface area contributed by atoms with Gasteiger partial charge in [-0.05, 0) is 47.5 Å². The van der Waals surface area contributed by atoms with Crippen molar-refractivity contribution in [3.63, 3.8) is 0 Å². The van der Waals surface area contributed by atoms with Crippen molar-refractivity contribution in [1.29, 1.82) is 0 Å². The molecule has 0 spiro atoms. The first-order valence-electron chi connectivity index (χ1n) is 9.03. The highest BCUT2D eigenvalue weighted by Crippen LogP contribution is 2.27. The Balaban J connectivity index is 1.61. The maximum Gasteiger partial charge on any atom is 0.573 e. The number of halogens is 3. The summed E-state index contributed by atoms with van der Waals surface area (Å²) < 4.78 is 42.1. The highest BCUT2D eigenvalue weighted by molar-refractivity contribution is 5.83. The van der Waals surface area contributed by atoms with Crippen molar-refractivity contribution in [2.24, 2.45) is 0 Å². The van der Waals surface area contributed by atoms with E-state index in [1.807, 2.05) is 18.2 Å². The molecule has 9 heteroatoms. The van der Waals surface area contributed by atoms with Gasteiger partial charge in [0.25, 0.3) is 5.56 Å². The number of aromatic nitrogens is 4. The van der Waals surface area contributed by atoms with Crippen LogP contribution in [0.3, 0.4) is 0 Å². The molecule has 0 unspecified atom stereocenters. The van der Waals surface area contributed by atoms with Crippen molar-refractivity contribution in [1.82, 2.24) is 20.0 Å². The van der Waals surface area contributed by atoms with Crippen LogP contribution >= 0.6 is 0 Å². The van der Waals surface area contributed by atoms with Gasteiger partial charge in [0.05, 0.1) is 11.9 Å². The molecule has 0 N–H and O–H groups in total. The van der Waals surface area contributed by atoms with Crippen molar-refractivity contribution in [3.8, 4) is 16.9 Å². The number of fused-ring (bicyclic) bond motifs is 1. The maximum absolute atomic E-state index is 12.8. The molecule has 0 amide bonds. The minimum atomic E-state index is -4.75. The molecule has 4 rings (SSSR count). The fourth-order valence-electron chi connectivity index (χ4n) is 3.02. The quantitative estimate of drug-likeness (QED) is 0.496. The van der Waals surface area contributed by atoms with Gasteiger partial charge in [-0.1, -0.05) is 29.5 Å². The number of aryl methyl sites for hydroxylation is 2. The first-order valence-corrected chi connectivity index (χ1v) is 9.03. The van der Waals surface area contributed by atoms with E-state index in [9.17, 15) is 18.0 Å². The van der Waals surface area contributed by atoms with Gasteiger partial charge in [0.1, 0.15) is 11.3 Å². The number of hydrogen-bond acceptors (Lipinski definition) is 5. The third kappa shape index (κ3) is 4.45. The molecule has 2 heterocycles. The predicted octanol–water partition coefficient (Wildman–Crippen LogP) is 3.99. The van der Waals surface area contributed by atoms with Gasteiger partial charge in [0, 0.05) is 18.3 Å². The number of ether oxygens (including phenoxy) is 1. The average molecular weight is 412 g/mol. The molecule has 0 aliphatic rings. The smallest absolute Gasteiger partial charge is 0.406 e. The van der Waals surface area contributed by atoms with Crippen molar-refractivity contribution < 1.29 is 17.9 Å². The highest BCUT2D eigenvalue weighted by atomic mass is 19.4. The third-order valence-corrected chi connectivity index (χ3v) is 4.45. The zero-order valence-electron chi connectivity index (χ0n) is 15.5. The molecule has 0 radical (unpaired) electrons. The number of pyridine rings is 1. The first-order chi connectivity index (χ1) is 14.4. The lowest BCUT2D eigenvalue weighted by atomic mass is 10.0. The lowest BCUT2D eigenvalue weighted by molar-refractivity contribution is -0.274. The second-order valence-corrected chi connectivity index (χ2v) is 6.49. The summed E-state index contributed by atoms with van der Waals surface area (Å²) in [4.78, 5) is 17.1. The minimum absolute atomic E-state index is 0.296. The van der Waals surface area contributed by atoms with Gasteiger partial charge in [-0.25, -0.2) is 4.68 Å². The van der Waals surface area contributed by atoms with Gasteiger partial charge in [-0.15, -0.1) is 18.3 Å². The number of nitrogens with zero attached hydrogens (tertiary/aromatic N) is 4. The van der Waals surface area contributed by atoms with E-state index in [0.29, 0.717) is 35.0 Å². The number of rotatable bonds is 5. The molecule has 0 fully saturated rings. The van der Waals surface area contributed by atoms with E-state index in [0.717, 1.165) is 5.69 Å². The number of benzene rings is 2. The number of alkyl halides is 3. The Bertz CT molecular complexity index is 1220. The minimum Gasteiger partial charge on any atom is -0.406 e. The predicted molar refractivity (Wildman–Crippen MR) is 104 cm³/mol. The monoisotopic (exact) mass is 412 g/mol. The van der Waals surface area contributed by atoms with E-state index in [-0.39, 0.29) is 11.3 Å². The van der Waals surface area contributed by atoms with Gasteiger partial charge < -0.3 is 4.74 Å². The van der Waals surface area contributed by atoms with E-state index < -0.39 is 6.36 Å². The molecule has 0 saturated carbocycles. The van der Waals surface area contributed by atoms with E-state index in [2.05, 4.69) is 20.0 Å². The third-order valence-electron chi connectivity index (χ3n) is 4.45. The summed E-state index contributed by atoms with van der Waals surface area (Å²) in [5.41, 5.74) is 2.29. The van der Waals surface area contributed by atoms with Gasteiger partial charge in [0.2, 0.25) is 0 Å². The lowest BCUT2D eigenvalue weighted by Gasteiger charge is -2.10. The summed E-state index contributed by atoms with van der Waals surface area (Å²) in [7, 11) is 0. The van der Waals surface area contributed by atoms with Crippen LogP contribution in [0.5, 0.6) is 5.75 Å². The van der Waals surface area contributed by atoms with Crippen LogP contribution in [0.1, 0.15) is 5.69 Å². The van der Waals surface area contributed by atoms with Crippen molar-refractivity contribution in [3.05, 3.63) is 82.9 Å². The number of hydrogen-bond donors (Lipinski definition) is 0. The second kappa shape index (κ2) is 7.94. The van der Waals surface area contributed by atoms with E-state index in [4.69, 9.17) is 0 Å². The van der Waals surface area contributed by atoms with Gasteiger partial charge in [-0.2, -0.15) is 0 Å². The SMILES string of the molecule is O=c1c2cc(-c3ccc(OC(F)(F)F)cc3)ccc2nnn1CCc1ccccn1. The summed E-state index contributed by atoms with van der Waals surface area (Å²) in [6.45, 7) is 0.326. The highest BCUT2D eigenvalue weighted by Gasteiger charge is 2.30. The Hall–Kier alpha value is -3.75. The van der Waals surface area contributed by atoms with E-state index >= 15 is 0 Å². The van der Waals surface area contributed by atoms with Crippen LogP contribution in [0.4, 0.5) is 13.2 Å². The Labute approximate surface area is 168 Å². The summed E-state index contributed by atoms with van der Waals surface area (Å²) in [5, 5.41) is 8.44. The van der Waals surface area contributed by atoms with Crippen LogP contribution in [-0.4, -0.2) is 26.3 Å². The fourth-order valence-corrected chi connectivity index (χ4v) is 3.02. The molecule has 0 atom stereocenters. The van der Waals surface area contributed by atoms with Crippen molar-refractivity contribution in [2.45, 2.75) is 19.3 Å². The zero-order chi connectivity index (χ0) is 21.1.